The van der Waals surface area contributed by atoms with E-state index in [0.717, 1.165) is 6.54 Å². The summed E-state index contributed by atoms with van der Waals surface area (Å²) in [7, 11) is 1.49. The van der Waals surface area contributed by atoms with Crippen molar-refractivity contribution < 1.29 is 14.3 Å². The molecule has 0 aromatic heterocycles. The molecule has 1 aliphatic rings. The van der Waals surface area contributed by atoms with Gasteiger partial charge in [-0.25, -0.2) is 0 Å². The Labute approximate surface area is 111 Å². The number of morpholine rings is 1. The number of carbonyl (C=O) groups excluding carboxylic acids is 1. The number of nitrogens with zero attached hydrogens (tertiary/aromatic N) is 1. The minimum atomic E-state index is -0.551. The average Bonchev–Trinajstić information content (AvgIpc) is 2.48. The summed E-state index contributed by atoms with van der Waals surface area (Å²) in [5.41, 5.74) is 0.739. The third kappa shape index (κ3) is 3.02. The van der Waals surface area contributed by atoms with E-state index >= 15 is 0 Å². The lowest BCUT2D eigenvalue weighted by Gasteiger charge is -2.23. The molecule has 0 bridgehead atoms. The van der Waals surface area contributed by atoms with Crippen LogP contribution >= 0.6 is 0 Å². The molecule has 6 heteroatoms. The van der Waals surface area contributed by atoms with Crippen molar-refractivity contribution in [2.75, 3.05) is 32.1 Å². The van der Waals surface area contributed by atoms with Crippen molar-refractivity contribution in [3.8, 4) is 11.8 Å². The standard InChI is InChI=1S/C13H15N3O3/c1-18-10-4-2-3-9(7-14)12(10)16-13(17)11-8-15-5-6-19-11/h2-4,11,15H,5-6,8H2,1H3,(H,16,17). The molecule has 1 aliphatic heterocycles. The zero-order chi connectivity index (χ0) is 13.7. The lowest BCUT2D eigenvalue weighted by Crippen LogP contribution is -2.45. The number of amides is 1. The highest BCUT2D eigenvalue weighted by atomic mass is 16.5. The number of ether oxygens (including phenoxy) is 2. The maximum absolute atomic E-state index is 12.1. The number of rotatable bonds is 3. The maximum Gasteiger partial charge on any atom is 0.254 e. The number of para-hydroxylation sites is 1. The number of hydrogen-bond acceptors (Lipinski definition) is 5. The van der Waals surface area contributed by atoms with Crippen molar-refractivity contribution in [3.05, 3.63) is 23.8 Å². The summed E-state index contributed by atoms with van der Waals surface area (Å²) in [6.07, 6.45) is -0.551. The summed E-state index contributed by atoms with van der Waals surface area (Å²) in [6.45, 7) is 1.69. The molecule has 0 aliphatic carbocycles. The Hall–Kier alpha value is -2.10. The van der Waals surface area contributed by atoms with E-state index in [1.54, 1.807) is 18.2 Å². The highest BCUT2D eigenvalue weighted by molar-refractivity contribution is 5.97. The molecule has 1 aromatic carbocycles. The molecule has 2 N–H and O–H groups in total. The second kappa shape index (κ2) is 6.18. The lowest BCUT2D eigenvalue weighted by molar-refractivity contribution is -0.128. The minimum absolute atomic E-state index is 0.284. The molecule has 1 saturated heterocycles. The molecule has 6 nitrogen and oxygen atoms in total. The highest BCUT2D eigenvalue weighted by Crippen LogP contribution is 2.28. The van der Waals surface area contributed by atoms with Crippen LogP contribution in [-0.4, -0.2) is 38.8 Å². The van der Waals surface area contributed by atoms with Crippen LogP contribution in [-0.2, 0) is 9.53 Å². The zero-order valence-corrected chi connectivity index (χ0v) is 10.6. The van der Waals surface area contributed by atoms with Gasteiger partial charge in [-0.05, 0) is 12.1 Å². The van der Waals surface area contributed by atoms with Crippen molar-refractivity contribution in [3.63, 3.8) is 0 Å². The van der Waals surface area contributed by atoms with Crippen LogP contribution in [0.3, 0.4) is 0 Å². The van der Waals surface area contributed by atoms with Gasteiger partial charge >= 0.3 is 0 Å². The topological polar surface area (TPSA) is 83.4 Å². The smallest absolute Gasteiger partial charge is 0.254 e. The van der Waals surface area contributed by atoms with Gasteiger partial charge < -0.3 is 20.1 Å². The number of hydrogen-bond donors (Lipinski definition) is 2. The minimum Gasteiger partial charge on any atom is -0.495 e. The molecule has 0 saturated carbocycles. The number of methoxy groups -OCH3 is 1. The van der Waals surface area contributed by atoms with E-state index in [2.05, 4.69) is 10.6 Å². The van der Waals surface area contributed by atoms with Crippen molar-refractivity contribution >= 4 is 11.6 Å². The molecule has 1 fully saturated rings. The van der Waals surface area contributed by atoms with Gasteiger partial charge in [-0.2, -0.15) is 5.26 Å². The van der Waals surface area contributed by atoms with E-state index in [1.807, 2.05) is 6.07 Å². The molecule has 1 amide bonds. The first kappa shape index (κ1) is 13.3. The predicted octanol–water partition coefficient (Wildman–Crippen LogP) is 0.494. The first-order valence-electron chi connectivity index (χ1n) is 5.96. The second-order valence-electron chi connectivity index (χ2n) is 4.05. The average molecular weight is 261 g/mol. The van der Waals surface area contributed by atoms with Crippen LogP contribution in [0.1, 0.15) is 5.56 Å². The van der Waals surface area contributed by atoms with Crippen LogP contribution in [0.4, 0.5) is 5.69 Å². The monoisotopic (exact) mass is 261 g/mol. The van der Waals surface area contributed by atoms with E-state index in [1.165, 1.54) is 7.11 Å². The molecule has 0 spiro atoms. The van der Waals surface area contributed by atoms with Crippen LogP contribution < -0.4 is 15.4 Å². The third-order valence-electron chi connectivity index (χ3n) is 2.83. The summed E-state index contributed by atoms with van der Waals surface area (Å²) in [4.78, 5) is 12.1. The summed E-state index contributed by atoms with van der Waals surface area (Å²) >= 11 is 0. The van der Waals surface area contributed by atoms with Gasteiger partial charge in [-0.15, -0.1) is 0 Å². The quantitative estimate of drug-likeness (QED) is 0.827. The maximum atomic E-state index is 12.1. The number of nitrogens with one attached hydrogen (secondary N) is 2. The Kier molecular flexibility index (Phi) is 4.34. The Bertz CT molecular complexity index is 504. The molecule has 1 aromatic rings. The van der Waals surface area contributed by atoms with Gasteiger partial charge in [0.05, 0.1) is 19.3 Å². The summed E-state index contributed by atoms with van der Waals surface area (Å²) in [5, 5.41) is 14.8. The molecule has 100 valence electrons. The second-order valence-corrected chi connectivity index (χ2v) is 4.05. The summed E-state index contributed by atoms with van der Waals surface area (Å²) < 4.78 is 10.5. The Morgan fingerprint density at radius 3 is 3.11 bits per heavy atom. The normalized spacial score (nSPS) is 18.4. The van der Waals surface area contributed by atoms with Gasteiger partial charge in [0.2, 0.25) is 0 Å². The highest BCUT2D eigenvalue weighted by Gasteiger charge is 2.23. The van der Waals surface area contributed by atoms with E-state index in [-0.39, 0.29) is 5.91 Å². The van der Waals surface area contributed by atoms with Crippen molar-refractivity contribution in [2.45, 2.75) is 6.10 Å². The summed E-state index contributed by atoms with van der Waals surface area (Å²) in [5.74, 6) is 0.171. The fourth-order valence-electron chi connectivity index (χ4n) is 1.86. The van der Waals surface area contributed by atoms with Crippen LogP contribution in [0.5, 0.6) is 5.75 Å². The van der Waals surface area contributed by atoms with Crippen molar-refractivity contribution in [1.29, 1.82) is 5.26 Å². The molecule has 19 heavy (non-hydrogen) atoms. The van der Waals surface area contributed by atoms with E-state index in [9.17, 15) is 4.79 Å². The summed E-state index contributed by atoms with van der Waals surface area (Å²) in [6, 6.07) is 7.04. The van der Waals surface area contributed by atoms with E-state index < -0.39 is 6.10 Å². The molecular formula is C13H15N3O3. The Morgan fingerprint density at radius 1 is 1.63 bits per heavy atom. The number of anilines is 1. The lowest BCUT2D eigenvalue weighted by atomic mass is 10.1. The molecular weight excluding hydrogens is 246 g/mol. The Balaban J connectivity index is 2.18. The molecule has 0 radical (unpaired) electrons. The molecule has 1 heterocycles. The SMILES string of the molecule is COc1cccc(C#N)c1NC(=O)C1CNCCO1. The number of carbonyl (C=O) groups is 1. The predicted molar refractivity (Wildman–Crippen MR) is 68.9 cm³/mol. The largest absolute Gasteiger partial charge is 0.495 e. The van der Waals surface area contributed by atoms with E-state index in [0.29, 0.717) is 30.2 Å². The van der Waals surface area contributed by atoms with Crippen LogP contribution in [0.2, 0.25) is 0 Å². The van der Waals surface area contributed by atoms with Crippen molar-refractivity contribution in [1.82, 2.24) is 5.32 Å². The van der Waals surface area contributed by atoms with Gasteiger partial charge in [-0.3, -0.25) is 4.79 Å². The van der Waals surface area contributed by atoms with Crippen LogP contribution in [0.15, 0.2) is 18.2 Å². The van der Waals surface area contributed by atoms with Gasteiger partial charge in [0.1, 0.15) is 23.6 Å². The van der Waals surface area contributed by atoms with Crippen LogP contribution in [0, 0.1) is 11.3 Å². The third-order valence-corrected chi connectivity index (χ3v) is 2.83. The van der Waals surface area contributed by atoms with Gasteiger partial charge in [0, 0.05) is 13.1 Å². The first-order valence-corrected chi connectivity index (χ1v) is 5.96. The molecule has 1 unspecified atom stereocenters. The Morgan fingerprint density at radius 2 is 2.47 bits per heavy atom. The van der Waals surface area contributed by atoms with Crippen LogP contribution in [0.25, 0.3) is 0 Å². The van der Waals surface area contributed by atoms with Crippen molar-refractivity contribution in [2.24, 2.45) is 0 Å². The fraction of sp³-hybridized carbons (Fsp3) is 0.385. The molecule has 1 atom stereocenters. The van der Waals surface area contributed by atoms with Gasteiger partial charge in [0.25, 0.3) is 5.91 Å². The number of benzene rings is 1. The van der Waals surface area contributed by atoms with E-state index in [4.69, 9.17) is 14.7 Å². The first-order chi connectivity index (χ1) is 9.26. The number of nitriles is 1. The molecule has 2 rings (SSSR count). The van der Waals surface area contributed by atoms with Gasteiger partial charge in [0.15, 0.2) is 0 Å². The van der Waals surface area contributed by atoms with Gasteiger partial charge in [-0.1, -0.05) is 6.07 Å². The fourth-order valence-corrected chi connectivity index (χ4v) is 1.86. The zero-order valence-electron chi connectivity index (χ0n) is 10.6.